The van der Waals surface area contributed by atoms with Gasteiger partial charge in [-0.3, -0.25) is 9.59 Å². The van der Waals surface area contributed by atoms with Crippen LogP contribution in [0.4, 0.5) is 0 Å². The van der Waals surface area contributed by atoms with Crippen LogP contribution < -0.4 is 0 Å². The van der Waals surface area contributed by atoms with E-state index in [2.05, 4.69) is 0 Å². The van der Waals surface area contributed by atoms with Crippen LogP contribution in [-0.2, 0) is 16.0 Å². The van der Waals surface area contributed by atoms with Gasteiger partial charge in [-0.25, -0.2) is 0 Å². The van der Waals surface area contributed by atoms with Crippen molar-refractivity contribution in [2.45, 2.75) is 57.2 Å². The lowest BCUT2D eigenvalue weighted by Crippen LogP contribution is -2.19. The van der Waals surface area contributed by atoms with E-state index in [4.69, 9.17) is 5.11 Å². The number of Topliss-reactive ketones (excluding diaryl/α,β-unsaturated/α-hetero) is 1. The number of carbonyl (C=O) groups is 2. The second kappa shape index (κ2) is 11.6. The number of hydrogen-bond donors (Lipinski definition) is 3. The first-order valence-corrected chi connectivity index (χ1v) is 9.95. The van der Waals surface area contributed by atoms with Crippen molar-refractivity contribution in [1.82, 2.24) is 0 Å². The summed E-state index contributed by atoms with van der Waals surface area (Å²) in [5, 5.41) is 29.0. The third-order valence-corrected chi connectivity index (χ3v) is 5.19. The number of carboxylic acids is 1. The van der Waals surface area contributed by atoms with Crippen LogP contribution in [0.3, 0.4) is 0 Å². The number of benzene rings is 1. The van der Waals surface area contributed by atoms with Crippen LogP contribution in [0.2, 0.25) is 0 Å². The van der Waals surface area contributed by atoms with Gasteiger partial charge in [-0.05, 0) is 37.7 Å². The van der Waals surface area contributed by atoms with Gasteiger partial charge >= 0.3 is 5.97 Å². The van der Waals surface area contributed by atoms with Crippen LogP contribution in [0.5, 0.6) is 0 Å². The van der Waals surface area contributed by atoms with Gasteiger partial charge in [0.1, 0.15) is 5.78 Å². The monoisotopic (exact) mass is 386 g/mol. The molecule has 0 saturated heterocycles. The predicted octanol–water partition coefficient (Wildman–Crippen LogP) is 3.30. The molecule has 1 aromatic carbocycles. The molecular formula is C23H30O5. The Labute approximate surface area is 166 Å². The van der Waals surface area contributed by atoms with Gasteiger partial charge < -0.3 is 15.3 Å². The normalized spacial score (nSPS) is 23.6. The predicted molar refractivity (Wildman–Crippen MR) is 108 cm³/mol. The van der Waals surface area contributed by atoms with Crippen LogP contribution in [-0.4, -0.2) is 39.3 Å². The second-order valence-corrected chi connectivity index (χ2v) is 7.40. The highest BCUT2D eigenvalue weighted by Crippen LogP contribution is 2.33. The maximum Gasteiger partial charge on any atom is 0.303 e. The van der Waals surface area contributed by atoms with E-state index in [1.807, 2.05) is 42.5 Å². The average Bonchev–Trinajstić information content (AvgIpc) is 2.94. The molecule has 0 spiro atoms. The lowest BCUT2D eigenvalue weighted by atomic mass is 9.90. The van der Waals surface area contributed by atoms with Crippen molar-refractivity contribution in [3.05, 3.63) is 60.2 Å². The Morgan fingerprint density at radius 1 is 1.21 bits per heavy atom. The third kappa shape index (κ3) is 7.41. The van der Waals surface area contributed by atoms with Gasteiger partial charge in [-0.2, -0.15) is 0 Å². The van der Waals surface area contributed by atoms with Crippen molar-refractivity contribution in [2.75, 3.05) is 0 Å². The Morgan fingerprint density at radius 3 is 2.68 bits per heavy atom. The molecule has 1 aliphatic rings. The summed E-state index contributed by atoms with van der Waals surface area (Å²) in [7, 11) is 0. The minimum absolute atomic E-state index is 0.00304. The Bertz CT molecular complexity index is 679. The molecule has 0 aliphatic heterocycles. The zero-order valence-electron chi connectivity index (χ0n) is 16.1. The molecule has 0 amide bonds. The number of allylic oxidation sites excluding steroid dienone is 3. The minimum atomic E-state index is -0.804. The number of aryl methyl sites for hydroxylation is 1. The maximum atomic E-state index is 12.2. The molecule has 0 heterocycles. The molecule has 28 heavy (non-hydrogen) atoms. The second-order valence-electron chi connectivity index (χ2n) is 7.40. The molecule has 0 radical (unpaired) electrons. The van der Waals surface area contributed by atoms with Gasteiger partial charge in [0.2, 0.25) is 0 Å². The van der Waals surface area contributed by atoms with Crippen molar-refractivity contribution in [3.63, 3.8) is 0 Å². The van der Waals surface area contributed by atoms with Gasteiger partial charge in [0.25, 0.3) is 0 Å². The van der Waals surface area contributed by atoms with E-state index >= 15 is 0 Å². The van der Waals surface area contributed by atoms with Crippen LogP contribution >= 0.6 is 0 Å². The summed E-state index contributed by atoms with van der Waals surface area (Å²) < 4.78 is 0. The SMILES string of the molecule is O=C(O)CCC/C=C\CC1C(O)CC(=O)[C@@H]1/C=C/C(O)CCc1ccccc1. The van der Waals surface area contributed by atoms with Crippen molar-refractivity contribution >= 4 is 11.8 Å². The van der Waals surface area contributed by atoms with Gasteiger partial charge in [-0.15, -0.1) is 0 Å². The number of carboxylic acid groups (broad SMARTS) is 1. The fourth-order valence-electron chi connectivity index (χ4n) is 3.57. The molecule has 3 unspecified atom stereocenters. The molecule has 152 valence electrons. The van der Waals surface area contributed by atoms with E-state index in [0.717, 1.165) is 12.0 Å². The number of unbranched alkanes of at least 4 members (excludes halogenated alkanes) is 1. The largest absolute Gasteiger partial charge is 0.481 e. The third-order valence-electron chi connectivity index (χ3n) is 5.19. The zero-order valence-corrected chi connectivity index (χ0v) is 16.1. The highest BCUT2D eigenvalue weighted by Gasteiger charge is 2.39. The number of ketones is 1. The quantitative estimate of drug-likeness (QED) is 0.401. The van der Waals surface area contributed by atoms with Crippen LogP contribution in [0.25, 0.3) is 0 Å². The molecule has 1 fully saturated rings. The number of aliphatic hydroxyl groups excluding tert-OH is 2. The minimum Gasteiger partial charge on any atom is -0.481 e. The van der Waals surface area contributed by atoms with Crippen molar-refractivity contribution in [2.24, 2.45) is 11.8 Å². The van der Waals surface area contributed by atoms with Gasteiger partial charge in [-0.1, -0.05) is 54.6 Å². The molecule has 1 aromatic rings. The van der Waals surface area contributed by atoms with E-state index in [-0.39, 0.29) is 30.5 Å². The van der Waals surface area contributed by atoms with Gasteiger partial charge in [0.15, 0.2) is 0 Å². The van der Waals surface area contributed by atoms with E-state index in [1.54, 1.807) is 12.2 Å². The van der Waals surface area contributed by atoms with Crippen LogP contribution in [0, 0.1) is 11.8 Å². The molecule has 2 rings (SSSR count). The first-order valence-electron chi connectivity index (χ1n) is 9.95. The van der Waals surface area contributed by atoms with Crippen LogP contribution in [0.15, 0.2) is 54.6 Å². The Hall–Kier alpha value is -2.24. The molecule has 0 bridgehead atoms. The van der Waals surface area contributed by atoms with Crippen molar-refractivity contribution < 1.29 is 24.9 Å². The van der Waals surface area contributed by atoms with Crippen molar-refractivity contribution in [3.8, 4) is 0 Å². The van der Waals surface area contributed by atoms with E-state index in [9.17, 15) is 19.8 Å². The number of carbonyl (C=O) groups excluding carboxylic acids is 1. The maximum absolute atomic E-state index is 12.2. The van der Waals surface area contributed by atoms with E-state index in [0.29, 0.717) is 25.7 Å². The smallest absolute Gasteiger partial charge is 0.303 e. The number of aliphatic carboxylic acids is 1. The lowest BCUT2D eigenvalue weighted by Gasteiger charge is -2.17. The summed E-state index contributed by atoms with van der Waals surface area (Å²) in [4.78, 5) is 22.7. The number of rotatable bonds is 11. The summed E-state index contributed by atoms with van der Waals surface area (Å²) in [5.74, 6) is -1.38. The van der Waals surface area contributed by atoms with E-state index in [1.165, 1.54) is 0 Å². The molecule has 4 atom stereocenters. The van der Waals surface area contributed by atoms with Gasteiger partial charge in [0.05, 0.1) is 12.2 Å². The molecule has 1 saturated carbocycles. The molecule has 3 N–H and O–H groups in total. The Morgan fingerprint density at radius 2 is 1.96 bits per heavy atom. The molecular weight excluding hydrogens is 356 g/mol. The molecule has 0 aromatic heterocycles. The highest BCUT2D eigenvalue weighted by molar-refractivity contribution is 5.86. The van der Waals surface area contributed by atoms with E-state index < -0.39 is 18.2 Å². The standard InChI is InChI=1S/C23H30O5/c24-18(13-12-17-8-4-3-5-9-17)14-15-20-19(21(25)16-22(20)26)10-6-1-2-7-11-23(27)28/h1,3-6,8-9,14-15,18-21,24-25H,2,7,10-13,16H2,(H,27,28)/b6-1-,15-14+/t18?,19?,20-,21?/m1/s1. The topological polar surface area (TPSA) is 94.8 Å². The average molecular weight is 386 g/mol. The summed E-state index contributed by atoms with van der Waals surface area (Å²) in [5.41, 5.74) is 1.16. The van der Waals surface area contributed by atoms with Crippen LogP contribution in [0.1, 0.15) is 44.1 Å². The summed E-state index contributed by atoms with van der Waals surface area (Å²) in [6.07, 6.45) is 9.39. The fraction of sp³-hybridized carbons (Fsp3) is 0.478. The Kier molecular flexibility index (Phi) is 9.11. The first kappa shape index (κ1) is 22.1. The highest BCUT2D eigenvalue weighted by atomic mass is 16.4. The molecule has 5 heteroatoms. The summed E-state index contributed by atoms with van der Waals surface area (Å²) in [6, 6.07) is 9.93. The lowest BCUT2D eigenvalue weighted by molar-refractivity contribution is -0.137. The fourth-order valence-corrected chi connectivity index (χ4v) is 3.57. The zero-order chi connectivity index (χ0) is 20.4. The van der Waals surface area contributed by atoms with Gasteiger partial charge in [0, 0.05) is 24.7 Å². The summed E-state index contributed by atoms with van der Waals surface area (Å²) >= 11 is 0. The Balaban J connectivity index is 1.82. The summed E-state index contributed by atoms with van der Waals surface area (Å²) in [6.45, 7) is 0. The van der Waals surface area contributed by atoms with Crippen molar-refractivity contribution in [1.29, 1.82) is 0 Å². The molecule has 1 aliphatic carbocycles. The first-order chi connectivity index (χ1) is 13.5. The number of hydrogen-bond acceptors (Lipinski definition) is 4. The molecule has 5 nitrogen and oxygen atoms in total. The number of aliphatic hydroxyl groups is 2.